The molecule has 3 aromatic rings. The summed E-state index contributed by atoms with van der Waals surface area (Å²) in [6, 6.07) is 24.5. The van der Waals surface area contributed by atoms with Gasteiger partial charge in [0.15, 0.2) is 0 Å². The lowest BCUT2D eigenvalue weighted by Crippen LogP contribution is -2.08. The number of carbonyl (C=O) groups excluding carboxylic acids is 2. The van der Waals surface area contributed by atoms with Crippen LogP contribution in [0.1, 0.15) is 48.9 Å². The van der Waals surface area contributed by atoms with E-state index in [1.165, 1.54) is 0 Å². The van der Waals surface area contributed by atoms with Crippen molar-refractivity contribution in [3.63, 3.8) is 0 Å². The van der Waals surface area contributed by atoms with Crippen LogP contribution in [-0.4, -0.2) is 24.6 Å². The third kappa shape index (κ3) is 7.06. The van der Waals surface area contributed by atoms with Crippen molar-refractivity contribution >= 4 is 11.9 Å². The minimum Gasteiger partial charge on any atom is -0.494 e. The average molecular weight is 471 g/mol. The number of benzene rings is 3. The smallest absolute Gasteiger partial charge is 0.343 e. The lowest BCUT2D eigenvalue weighted by Gasteiger charge is -2.09. The van der Waals surface area contributed by atoms with Crippen molar-refractivity contribution < 1.29 is 23.8 Å². The monoisotopic (exact) mass is 470 g/mol. The molecule has 0 N–H and O–H groups in total. The van der Waals surface area contributed by atoms with E-state index in [4.69, 9.17) is 14.2 Å². The van der Waals surface area contributed by atoms with E-state index in [0.29, 0.717) is 29.9 Å². The number of carbonyl (C=O) groups is 2. The summed E-state index contributed by atoms with van der Waals surface area (Å²) in [5.41, 5.74) is 3.24. The van der Waals surface area contributed by atoms with Crippen LogP contribution in [-0.2, 0) is 9.53 Å². The number of rotatable bonds is 11. The molecule has 0 aromatic heterocycles. The first kappa shape index (κ1) is 24.3. The number of ether oxygens (including phenoxy) is 3. The summed E-state index contributed by atoms with van der Waals surface area (Å²) >= 11 is 0. The zero-order valence-electron chi connectivity index (χ0n) is 19.8. The summed E-state index contributed by atoms with van der Waals surface area (Å²) in [4.78, 5) is 23.8. The number of cyclic esters (lactones) is 1. The molecule has 5 heteroatoms. The highest BCUT2D eigenvalue weighted by Crippen LogP contribution is 2.24. The highest BCUT2D eigenvalue weighted by molar-refractivity contribution is 5.91. The van der Waals surface area contributed by atoms with Crippen LogP contribution in [0.5, 0.6) is 11.5 Å². The molecular weight excluding hydrogens is 440 g/mol. The van der Waals surface area contributed by atoms with Gasteiger partial charge in [0.1, 0.15) is 17.6 Å². The van der Waals surface area contributed by atoms with Gasteiger partial charge in [-0.2, -0.15) is 0 Å². The van der Waals surface area contributed by atoms with Crippen molar-refractivity contribution in [2.45, 2.75) is 44.6 Å². The Morgan fingerprint density at radius 2 is 1.49 bits per heavy atom. The van der Waals surface area contributed by atoms with Crippen molar-refractivity contribution in [2.75, 3.05) is 6.61 Å². The molecule has 1 atom stereocenters. The molecule has 0 bridgehead atoms. The topological polar surface area (TPSA) is 61.8 Å². The van der Waals surface area contributed by atoms with Crippen LogP contribution in [0, 0.1) is 0 Å². The summed E-state index contributed by atoms with van der Waals surface area (Å²) in [6.07, 6.45) is 5.64. The van der Waals surface area contributed by atoms with Gasteiger partial charge in [-0.25, -0.2) is 9.59 Å². The third-order valence-electron chi connectivity index (χ3n) is 5.99. The van der Waals surface area contributed by atoms with Gasteiger partial charge in [0.05, 0.1) is 12.2 Å². The molecule has 1 unspecified atom stereocenters. The molecule has 1 aliphatic heterocycles. The van der Waals surface area contributed by atoms with Gasteiger partial charge in [0, 0.05) is 12.0 Å². The molecule has 1 saturated heterocycles. The van der Waals surface area contributed by atoms with Gasteiger partial charge in [-0.1, -0.05) is 61.9 Å². The van der Waals surface area contributed by atoms with Gasteiger partial charge >= 0.3 is 11.9 Å². The van der Waals surface area contributed by atoms with Crippen LogP contribution in [0.3, 0.4) is 0 Å². The standard InChI is InChI=1S/C30H30O5/c1-22-21-28(35-29(22)31)11-7-2-3-8-20-33-26-16-14-25(15-17-26)30(32)34-27-18-12-24(13-19-27)23-9-5-4-6-10-23/h4-6,9-10,12-19,28H,1-3,7-8,11,20-21H2. The molecule has 5 nitrogen and oxygen atoms in total. The number of hydrogen-bond acceptors (Lipinski definition) is 5. The summed E-state index contributed by atoms with van der Waals surface area (Å²) in [5, 5.41) is 0. The minimum atomic E-state index is -0.402. The fourth-order valence-corrected chi connectivity index (χ4v) is 4.01. The fraction of sp³-hybridized carbons (Fsp3) is 0.267. The Kier molecular flexibility index (Phi) is 8.34. The molecule has 35 heavy (non-hydrogen) atoms. The predicted molar refractivity (Wildman–Crippen MR) is 135 cm³/mol. The Labute approximate surface area is 206 Å². The van der Waals surface area contributed by atoms with Crippen LogP contribution >= 0.6 is 0 Å². The second-order valence-electron chi connectivity index (χ2n) is 8.69. The van der Waals surface area contributed by atoms with E-state index in [0.717, 1.165) is 49.0 Å². The Balaban J connectivity index is 1.14. The second-order valence-corrected chi connectivity index (χ2v) is 8.69. The average Bonchev–Trinajstić information content (AvgIpc) is 3.21. The van der Waals surface area contributed by atoms with Gasteiger partial charge in [-0.15, -0.1) is 0 Å². The molecule has 3 aromatic carbocycles. The first-order valence-electron chi connectivity index (χ1n) is 12.1. The Bertz CT molecular complexity index is 1120. The maximum atomic E-state index is 12.5. The first-order valence-corrected chi connectivity index (χ1v) is 12.1. The Morgan fingerprint density at radius 3 is 2.17 bits per heavy atom. The van der Waals surface area contributed by atoms with Crippen LogP contribution in [0.25, 0.3) is 11.1 Å². The van der Waals surface area contributed by atoms with E-state index >= 15 is 0 Å². The summed E-state index contributed by atoms with van der Waals surface area (Å²) in [5.74, 6) is 0.580. The SMILES string of the molecule is C=C1CC(CCCCCCOc2ccc(C(=O)Oc3ccc(-c4ccccc4)cc3)cc2)OC1=O. The van der Waals surface area contributed by atoms with Crippen molar-refractivity contribution in [3.05, 3.63) is 96.6 Å². The normalized spacial score (nSPS) is 15.0. The third-order valence-corrected chi connectivity index (χ3v) is 5.99. The fourth-order valence-electron chi connectivity index (χ4n) is 4.01. The molecule has 0 radical (unpaired) electrons. The summed E-state index contributed by atoms with van der Waals surface area (Å²) in [7, 11) is 0. The first-order chi connectivity index (χ1) is 17.1. The number of unbranched alkanes of at least 4 members (excludes halogenated alkanes) is 3. The molecule has 0 spiro atoms. The summed E-state index contributed by atoms with van der Waals surface area (Å²) < 4.78 is 16.5. The zero-order chi connectivity index (χ0) is 24.5. The van der Waals surface area contributed by atoms with Gasteiger partial charge < -0.3 is 14.2 Å². The highest BCUT2D eigenvalue weighted by Gasteiger charge is 2.26. The van der Waals surface area contributed by atoms with Crippen molar-refractivity contribution in [2.24, 2.45) is 0 Å². The molecule has 1 heterocycles. The molecule has 180 valence electrons. The maximum absolute atomic E-state index is 12.5. The molecule has 0 aliphatic carbocycles. The lowest BCUT2D eigenvalue weighted by atomic mass is 10.1. The van der Waals surface area contributed by atoms with Crippen LogP contribution in [0.15, 0.2) is 91.0 Å². The Hall–Kier alpha value is -3.86. The van der Waals surface area contributed by atoms with E-state index in [1.54, 1.807) is 36.4 Å². The van der Waals surface area contributed by atoms with Crippen molar-refractivity contribution in [3.8, 4) is 22.6 Å². The maximum Gasteiger partial charge on any atom is 0.343 e. The summed E-state index contributed by atoms with van der Waals surface area (Å²) in [6.45, 7) is 4.33. The van der Waals surface area contributed by atoms with Crippen LogP contribution < -0.4 is 9.47 Å². The van der Waals surface area contributed by atoms with Gasteiger partial charge in [0.25, 0.3) is 0 Å². The predicted octanol–water partition coefficient (Wildman–Crippen LogP) is 6.77. The molecule has 1 aliphatic rings. The Morgan fingerprint density at radius 1 is 0.829 bits per heavy atom. The largest absolute Gasteiger partial charge is 0.494 e. The number of esters is 2. The quantitative estimate of drug-likeness (QED) is 0.134. The molecule has 1 fully saturated rings. The van der Waals surface area contributed by atoms with Crippen molar-refractivity contribution in [1.82, 2.24) is 0 Å². The van der Waals surface area contributed by atoms with Crippen LogP contribution in [0.2, 0.25) is 0 Å². The van der Waals surface area contributed by atoms with E-state index < -0.39 is 5.97 Å². The lowest BCUT2D eigenvalue weighted by molar-refractivity contribution is -0.139. The molecular formula is C30H30O5. The zero-order valence-corrected chi connectivity index (χ0v) is 19.8. The second kappa shape index (κ2) is 12.0. The highest BCUT2D eigenvalue weighted by atomic mass is 16.6. The van der Waals surface area contributed by atoms with Crippen LogP contribution in [0.4, 0.5) is 0 Å². The van der Waals surface area contributed by atoms with E-state index in [2.05, 4.69) is 6.58 Å². The van der Waals surface area contributed by atoms with Gasteiger partial charge in [-0.05, 0) is 66.8 Å². The molecule has 0 amide bonds. The van der Waals surface area contributed by atoms with Gasteiger partial charge in [-0.3, -0.25) is 0 Å². The van der Waals surface area contributed by atoms with Gasteiger partial charge in [0.2, 0.25) is 0 Å². The molecule has 4 rings (SSSR count). The van der Waals surface area contributed by atoms with E-state index in [9.17, 15) is 9.59 Å². The van der Waals surface area contributed by atoms with Crippen molar-refractivity contribution in [1.29, 1.82) is 0 Å². The van der Waals surface area contributed by atoms with E-state index in [1.807, 2.05) is 42.5 Å². The number of hydrogen-bond donors (Lipinski definition) is 0. The van der Waals surface area contributed by atoms with E-state index in [-0.39, 0.29) is 12.1 Å². The minimum absolute atomic E-state index is 0.00473. The molecule has 0 saturated carbocycles.